The van der Waals surface area contributed by atoms with E-state index in [0.29, 0.717) is 12.8 Å². The third-order valence-electron chi connectivity index (χ3n) is 18.9. The summed E-state index contributed by atoms with van der Waals surface area (Å²) in [6.07, 6.45) is -17.8. The van der Waals surface area contributed by atoms with Crippen LogP contribution in [0.1, 0.15) is 107 Å². The second-order valence-corrected chi connectivity index (χ2v) is 23.3. The maximum atomic E-state index is 12.5. The zero-order valence-electron chi connectivity index (χ0n) is 41.3. The molecule has 3 heterocycles. The van der Waals surface area contributed by atoms with Gasteiger partial charge in [-0.3, -0.25) is 0 Å². The topological polar surface area (TPSA) is 307 Å². The van der Waals surface area contributed by atoms with Gasteiger partial charge >= 0.3 is 0 Å². The van der Waals surface area contributed by atoms with Gasteiger partial charge in [-0.2, -0.15) is 0 Å². The quantitative estimate of drug-likeness (QED) is 0.0930. The molecular weight excluding hydrogens is 893 g/mol. The van der Waals surface area contributed by atoms with Crippen molar-refractivity contribution in [1.82, 2.24) is 0 Å². The maximum absolute atomic E-state index is 12.5. The second-order valence-electron chi connectivity index (χ2n) is 23.3. The van der Waals surface area contributed by atoms with E-state index in [1.807, 2.05) is 0 Å². The normalized spacial score (nSPS) is 50.4. The van der Waals surface area contributed by atoms with Crippen molar-refractivity contribution in [1.29, 1.82) is 0 Å². The minimum atomic E-state index is -1.89. The highest BCUT2D eigenvalue weighted by atomic mass is 16.8. The van der Waals surface area contributed by atoms with Gasteiger partial charge in [0.1, 0.15) is 73.2 Å². The fourth-order valence-electron chi connectivity index (χ4n) is 14.5. The summed E-state index contributed by atoms with van der Waals surface area (Å²) < 4.78 is 41.5. The van der Waals surface area contributed by atoms with Gasteiger partial charge < -0.3 is 94.4 Å². The van der Waals surface area contributed by atoms with E-state index in [-0.39, 0.29) is 57.9 Å². The molecule has 394 valence electrons. The number of hydrogen-bond donors (Lipinski definition) is 12. The van der Waals surface area contributed by atoms with E-state index >= 15 is 0 Å². The Hall–Kier alpha value is -1.02. The lowest BCUT2D eigenvalue weighted by Crippen LogP contribution is -2.65. The third kappa shape index (κ3) is 9.32. The minimum absolute atomic E-state index is 0.0646. The molecule has 7 rings (SSSR count). The lowest BCUT2D eigenvalue weighted by atomic mass is 9.38. The van der Waals surface area contributed by atoms with Crippen molar-refractivity contribution < 1.29 is 94.4 Å². The highest BCUT2D eigenvalue weighted by molar-refractivity contribution is 5.31. The molecule has 7 aliphatic rings. The van der Waals surface area contributed by atoms with Gasteiger partial charge in [0.25, 0.3) is 0 Å². The van der Waals surface area contributed by atoms with Crippen LogP contribution in [0.3, 0.4) is 0 Å². The molecule has 3 saturated carbocycles. The Morgan fingerprint density at radius 2 is 1.28 bits per heavy atom. The Labute approximate surface area is 400 Å². The summed E-state index contributed by atoms with van der Waals surface area (Å²) in [6.45, 7) is 14.9. The molecule has 19 heteroatoms. The average molecular weight is 977 g/mol. The van der Waals surface area contributed by atoms with Crippen LogP contribution in [-0.4, -0.2) is 204 Å². The first-order chi connectivity index (χ1) is 31.7. The van der Waals surface area contributed by atoms with E-state index in [0.717, 1.165) is 32.1 Å². The molecule has 4 aliphatic carbocycles. The Kier molecular flexibility index (Phi) is 16.4. The summed E-state index contributed by atoms with van der Waals surface area (Å²) >= 11 is 0. The van der Waals surface area contributed by atoms with Crippen LogP contribution >= 0.6 is 0 Å². The van der Waals surface area contributed by atoms with Gasteiger partial charge in [-0.25, -0.2) is 0 Å². The molecule has 25 atom stereocenters. The van der Waals surface area contributed by atoms with Crippen LogP contribution in [0.5, 0.6) is 0 Å². The number of fused-ring (bicyclic) bond motifs is 5. The van der Waals surface area contributed by atoms with Crippen molar-refractivity contribution in [3.8, 4) is 0 Å². The van der Waals surface area contributed by atoms with Crippen molar-refractivity contribution in [3.05, 3.63) is 11.6 Å². The number of ether oxygens (including phenoxy) is 7. The fraction of sp³-hybridized carbons (Fsp3) is 0.959. The summed E-state index contributed by atoms with van der Waals surface area (Å²) in [7, 11) is 1.79. The lowest BCUT2D eigenvalue weighted by molar-refractivity contribution is -0.380. The smallest absolute Gasteiger partial charge is 0.187 e. The van der Waals surface area contributed by atoms with Crippen LogP contribution in [0.25, 0.3) is 0 Å². The Morgan fingerprint density at radius 1 is 0.706 bits per heavy atom. The number of aliphatic hydroxyl groups is 12. The molecule has 0 amide bonds. The summed E-state index contributed by atoms with van der Waals surface area (Å²) in [6, 6.07) is 0. The predicted octanol–water partition coefficient (Wildman–Crippen LogP) is -0.402. The zero-order chi connectivity index (χ0) is 50.2. The van der Waals surface area contributed by atoms with E-state index in [4.69, 9.17) is 33.2 Å². The molecule has 9 unspecified atom stereocenters. The Bertz CT molecular complexity index is 1720. The Morgan fingerprint density at radius 3 is 1.87 bits per heavy atom. The summed E-state index contributed by atoms with van der Waals surface area (Å²) in [4.78, 5) is 0. The highest BCUT2D eigenvalue weighted by Crippen LogP contribution is 2.75. The molecule has 0 aromatic heterocycles. The van der Waals surface area contributed by atoms with Gasteiger partial charge in [0.2, 0.25) is 0 Å². The predicted molar refractivity (Wildman–Crippen MR) is 240 cm³/mol. The number of aliphatic hydroxyl groups excluding tert-OH is 11. The summed E-state index contributed by atoms with van der Waals surface area (Å²) in [5.74, 6) is 0.835. The van der Waals surface area contributed by atoms with Gasteiger partial charge in [-0.15, -0.1) is 0 Å². The van der Waals surface area contributed by atoms with Gasteiger partial charge in [0.05, 0.1) is 43.7 Å². The van der Waals surface area contributed by atoms with Gasteiger partial charge in [0, 0.05) is 17.9 Å². The summed E-state index contributed by atoms with van der Waals surface area (Å²) in [5.41, 5.74) is -0.829. The number of rotatable bonds is 15. The number of allylic oxidation sites excluding steroid dienone is 1. The molecule has 68 heavy (non-hydrogen) atoms. The molecule has 19 nitrogen and oxygen atoms in total. The minimum Gasteiger partial charge on any atom is -0.394 e. The van der Waals surface area contributed by atoms with Gasteiger partial charge in [-0.05, 0) is 99.7 Å². The molecule has 3 aliphatic heterocycles. The molecule has 0 bridgehead atoms. The molecule has 0 radical (unpaired) electrons. The number of methoxy groups -OCH3 is 1. The number of hydrogen-bond acceptors (Lipinski definition) is 19. The van der Waals surface area contributed by atoms with Crippen molar-refractivity contribution in [3.63, 3.8) is 0 Å². The molecule has 0 spiro atoms. The Balaban J connectivity index is 1.10. The first kappa shape index (κ1) is 54.7. The average Bonchev–Trinajstić information content (AvgIpc) is 3.55. The van der Waals surface area contributed by atoms with Gasteiger partial charge in [-0.1, -0.05) is 53.2 Å². The van der Waals surface area contributed by atoms with Crippen LogP contribution in [0.15, 0.2) is 11.6 Å². The van der Waals surface area contributed by atoms with E-state index in [9.17, 15) is 61.3 Å². The van der Waals surface area contributed by atoms with Crippen LogP contribution < -0.4 is 0 Å². The standard InChI is InChI=1S/C49H84O19/c1-22(23-16-17-47(6)29-13-11-24-25(12-15-31(62-9)45(24,2)3)49(29,8)30(52)18-48(23,47)7)10-14-32(46(4,5)61)67-44-41(68-43-40(60)37(57)34(54)27(20-51)65-43)38(58)35(55)28(66-44)21-63-42-39(59)36(56)33(53)26(19-50)64-42/h11,22-23,25-44,50-61H,10,12-21H2,1-9H3/t22-,23-,25-,26?,27?,28?,29+,30-,31+,32-,33-,34-,35-,36?,37?,38?,39?,40?,41?,42-,43+,44+,47+,48-,49+/m1/s1. The van der Waals surface area contributed by atoms with E-state index in [1.165, 1.54) is 5.57 Å². The monoisotopic (exact) mass is 977 g/mol. The summed E-state index contributed by atoms with van der Waals surface area (Å²) in [5, 5.41) is 130. The molecule has 6 fully saturated rings. The second kappa shape index (κ2) is 20.4. The third-order valence-corrected chi connectivity index (χ3v) is 18.9. The van der Waals surface area contributed by atoms with Gasteiger partial charge in [0.15, 0.2) is 18.9 Å². The van der Waals surface area contributed by atoms with Crippen molar-refractivity contribution in [2.24, 2.45) is 45.3 Å². The van der Waals surface area contributed by atoms with Crippen LogP contribution in [0, 0.1) is 45.3 Å². The fourth-order valence-corrected chi connectivity index (χ4v) is 14.5. The van der Waals surface area contributed by atoms with Crippen molar-refractivity contribution in [2.45, 2.75) is 223 Å². The SMILES string of the molecule is CO[C@H]1CC[C@@H]2C(=CC[C@@H]3[C@@]2(C)[C@H](O)C[C@]2(C)[C@@H]([C@H](C)CC[C@@H](O[C@@H]4OC(CO[C@@H]5OC(CO)[C@@H](O)C(O)C5O)[C@@H](O)C(O)C4O[C@@H]4OC(CO)[C@@H](O)C(O)C4O)C(C)(C)O)CC[C@@]32C)C1(C)C. The van der Waals surface area contributed by atoms with E-state index < -0.39 is 130 Å². The molecule has 0 aromatic rings. The first-order valence-corrected chi connectivity index (χ1v) is 24.9. The van der Waals surface area contributed by atoms with Crippen molar-refractivity contribution in [2.75, 3.05) is 26.9 Å². The van der Waals surface area contributed by atoms with Crippen LogP contribution in [-0.2, 0) is 33.2 Å². The van der Waals surface area contributed by atoms with E-state index in [1.54, 1.807) is 21.0 Å². The highest BCUT2D eigenvalue weighted by Gasteiger charge is 2.70. The first-order valence-electron chi connectivity index (χ1n) is 24.9. The van der Waals surface area contributed by atoms with Crippen LogP contribution in [0.4, 0.5) is 0 Å². The maximum Gasteiger partial charge on any atom is 0.187 e. The largest absolute Gasteiger partial charge is 0.394 e. The molecule has 12 N–H and O–H groups in total. The van der Waals surface area contributed by atoms with E-state index in [2.05, 4.69) is 47.6 Å². The van der Waals surface area contributed by atoms with Crippen LogP contribution in [0.2, 0.25) is 0 Å². The molecular formula is C49H84O19. The molecule has 0 aromatic carbocycles. The van der Waals surface area contributed by atoms with Crippen molar-refractivity contribution >= 4 is 0 Å². The zero-order valence-corrected chi connectivity index (χ0v) is 41.3. The molecule has 3 saturated heterocycles. The lowest BCUT2D eigenvalue weighted by Gasteiger charge is -2.67.